The Kier molecular flexibility index (Phi) is 15.4. The molecule has 41 heavy (non-hydrogen) atoms. The van der Waals surface area contributed by atoms with Gasteiger partial charge >= 0.3 is 0 Å². The van der Waals surface area contributed by atoms with Crippen LogP contribution in [0.1, 0.15) is 22.3 Å². The summed E-state index contributed by atoms with van der Waals surface area (Å²) in [6.45, 7) is 0. The third-order valence-electron chi connectivity index (χ3n) is 5.12. The minimum absolute atomic E-state index is 0. The molecule has 0 saturated heterocycles. The van der Waals surface area contributed by atoms with Crippen molar-refractivity contribution in [3.63, 3.8) is 0 Å². The fraction of sp³-hybridized carbons (Fsp3) is 0. The molecule has 0 unspecified atom stereocenters. The van der Waals surface area contributed by atoms with Crippen molar-refractivity contribution in [1.82, 2.24) is 0 Å². The summed E-state index contributed by atoms with van der Waals surface area (Å²) in [5, 5.41) is 3.97. The molecule has 0 atom stereocenters. The van der Waals surface area contributed by atoms with E-state index in [1.54, 1.807) is 72.8 Å². The van der Waals surface area contributed by atoms with Gasteiger partial charge in [0.25, 0.3) is 0 Å². The Hall–Kier alpha value is 0.0535. The number of rotatable bonds is 4. The van der Waals surface area contributed by atoms with Crippen molar-refractivity contribution in [3.05, 3.63) is 135 Å². The first-order valence-corrected chi connectivity index (χ1v) is 15.4. The number of benzene rings is 4. The zero-order chi connectivity index (χ0) is 29.7. The monoisotopic (exact) mass is 814 g/mol. The zero-order valence-electron chi connectivity index (χ0n) is 19.9. The van der Waals surface area contributed by atoms with Crippen molar-refractivity contribution in [2.45, 2.75) is 0 Å². The Bertz CT molecular complexity index is 1400. The van der Waals surface area contributed by atoms with Gasteiger partial charge in [-0.2, -0.15) is 19.6 Å². The number of hydrogen-bond acceptors (Lipinski definition) is 4. The first kappa shape index (κ1) is 37.2. The molecule has 0 aliphatic heterocycles. The van der Waals surface area contributed by atoms with Gasteiger partial charge in [-0.05, 0) is 70.8 Å². The van der Waals surface area contributed by atoms with E-state index in [1.807, 2.05) is 0 Å². The van der Waals surface area contributed by atoms with E-state index in [0.717, 1.165) is 0 Å². The third-order valence-corrected chi connectivity index (χ3v) is 9.26. The third kappa shape index (κ3) is 10.0. The molecule has 0 nitrogen and oxygen atoms in total. The largest absolute Gasteiger partial charge is 0.780 e. The normalized spacial score (nSPS) is 11.9. The van der Waals surface area contributed by atoms with E-state index in [-0.39, 0.29) is 16.5 Å². The zero-order valence-corrected chi connectivity index (χ0v) is 30.2. The van der Waals surface area contributed by atoms with Gasteiger partial charge in [-0.25, -0.2) is 0 Å². The topological polar surface area (TPSA) is 0 Å². The van der Waals surface area contributed by atoms with Crippen LogP contribution in [0.3, 0.4) is 0 Å². The Balaban J connectivity index is 0.000000280. The molecule has 218 valence electrons. The molecule has 0 amide bonds. The van der Waals surface area contributed by atoms with Crippen molar-refractivity contribution in [2.24, 2.45) is 0 Å². The van der Waals surface area contributed by atoms with Gasteiger partial charge in [-0.1, -0.05) is 117 Å². The van der Waals surface area contributed by atoms with Crippen molar-refractivity contribution < 1.29 is 16.5 Å². The van der Waals surface area contributed by atoms with E-state index in [0.29, 0.717) is 82.1 Å². The summed E-state index contributed by atoms with van der Waals surface area (Å²) >= 11 is 69.6. The summed E-state index contributed by atoms with van der Waals surface area (Å²) in [5.74, 6) is 0. The maximum absolute atomic E-state index is 6.14. The molecule has 0 aromatic heterocycles. The van der Waals surface area contributed by atoms with E-state index in [1.165, 1.54) is 0 Å². The molecule has 0 aliphatic carbocycles. The second-order valence-electron chi connectivity index (χ2n) is 7.81. The SMILES string of the molecule is [Ni].[S-]/C(=C(\[S-])c1ccc(Cl)cc1Cl)c1ccc(Cl)cc1Cl.[S-]/C(=C(\[S-])c1ccc(Cl)cc1Cl)c1ccc(Cl)cc1Cl. The van der Waals surface area contributed by atoms with Gasteiger partial charge in [0.1, 0.15) is 0 Å². The van der Waals surface area contributed by atoms with Crippen molar-refractivity contribution in [2.75, 3.05) is 0 Å². The molecule has 0 fully saturated rings. The Morgan fingerprint density at radius 3 is 0.659 bits per heavy atom. The van der Waals surface area contributed by atoms with E-state index in [9.17, 15) is 0 Å². The smallest absolute Gasteiger partial charge is 0.0477 e. The van der Waals surface area contributed by atoms with Crippen LogP contribution in [0.2, 0.25) is 40.2 Å². The fourth-order valence-electron chi connectivity index (χ4n) is 3.18. The molecule has 0 N–H and O–H groups in total. The molecule has 0 bridgehead atoms. The van der Waals surface area contributed by atoms with Gasteiger partial charge in [0.2, 0.25) is 0 Å². The van der Waals surface area contributed by atoms with Crippen LogP contribution in [0.5, 0.6) is 0 Å². The molecule has 4 aromatic rings. The quantitative estimate of drug-likeness (QED) is 0.114. The van der Waals surface area contributed by atoms with Crippen molar-refractivity contribution in [1.29, 1.82) is 0 Å². The predicted octanol–water partition coefficient (Wildman–Crippen LogP) is 12.4. The van der Waals surface area contributed by atoms with E-state index < -0.39 is 0 Å². The summed E-state index contributed by atoms with van der Waals surface area (Å²) in [6, 6.07) is 20.3. The van der Waals surface area contributed by atoms with Crippen LogP contribution in [0.25, 0.3) is 19.6 Å². The van der Waals surface area contributed by atoms with Gasteiger partial charge in [0.15, 0.2) is 0 Å². The number of hydrogen-bond donors (Lipinski definition) is 0. The van der Waals surface area contributed by atoms with Crippen LogP contribution in [0.15, 0.2) is 72.8 Å². The molecule has 4 aromatic carbocycles. The number of halogens is 8. The Labute approximate surface area is 311 Å². The van der Waals surface area contributed by atoms with E-state index in [4.69, 9.17) is 143 Å². The first-order chi connectivity index (χ1) is 18.8. The van der Waals surface area contributed by atoms with Crippen molar-refractivity contribution in [3.8, 4) is 0 Å². The molecule has 0 radical (unpaired) electrons. The van der Waals surface area contributed by atoms with Crippen LogP contribution in [0, 0.1) is 0 Å². The van der Waals surface area contributed by atoms with E-state index >= 15 is 0 Å². The summed E-state index contributed by atoms with van der Waals surface area (Å²) in [7, 11) is 0. The predicted molar refractivity (Wildman–Crippen MR) is 189 cm³/mol. The van der Waals surface area contributed by atoms with Crippen LogP contribution >= 0.6 is 92.8 Å². The average Bonchev–Trinajstić information content (AvgIpc) is 2.88. The minimum Gasteiger partial charge on any atom is -0.780 e. The molecular weight excluding hydrogens is 807 g/mol. The fourth-order valence-corrected chi connectivity index (χ4v) is 6.57. The Morgan fingerprint density at radius 1 is 0.341 bits per heavy atom. The van der Waals surface area contributed by atoms with Crippen LogP contribution in [-0.4, -0.2) is 0 Å². The van der Waals surface area contributed by atoms with Crippen molar-refractivity contribution >= 4 is 163 Å². The summed E-state index contributed by atoms with van der Waals surface area (Å²) < 4.78 is 0. The molecule has 0 saturated carbocycles. The van der Waals surface area contributed by atoms with Crippen LogP contribution < -0.4 is 0 Å². The molecular formula is C28H12Cl8NiS4-4. The van der Waals surface area contributed by atoms with Gasteiger partial charge < -0.3 is 50.5 Å². The Morgan fingerprint density at radius 2 is 0.512 bits per heavy atom. The molecule has 0 aliphatic rings. The average molecular weight is 819 g/mol. The second-order valence-corrected chi connectivity index (χ2v) is 12.8. The molecule has 0 spiro atoms. The van der Waals surface area contributed by atoms with Crippen LogP contribution in [-0.2, 0) is 67.0 Å². The van der Waals surface area contributed by atoms with E-state index in [2.05, 4.69) is 0 Å². The maximum Gasteiger partial charge on any atom is 0.0477 e. The molecule has 4 rings (SSSR count). The minimum atomic E-state index is 0. The molecule has 13 heteroatoms. The molecule has 0 heterocycles. The van der Waals surface area contributed by atoms with Crippen LogP contribution in [0.4, 0.5) is 0 Å². The summed E-state index contributed by atoms with van der Waals surface area (Å²) in [6.07, 6.45) is 0. The van der Waals surface area contributed by atoms with Gasteiger partial charge in [-0.3, -0.25) is 0 Å². The summed E-state index contributed by atoms with van der Waals surface area (Å²) in [5.41, 5.74) is 2.62. The second kappa shape index (κ2) is 16.9. The first-order valence-electron chi connectivity index (χ1n) is 10.8. The van der Waals surface area contributed by atoms with Gasteiger partial charge in [0.05, 0.1) is 0 Å². The van der Waals surface area contributed by atoms with Gasteiger partial charge in [0, 0.05) is 56.7 Å². The standard InChI is InChI=1S/2C14H8Cl4S2.Ni/c2*15-7-1-3-9(11(17)5-7)13(19)14(20)10-4-2-8(16)6-12(10)18;/h2*1-6,19-20H;/p-4/b2*14-13-;. The summed E-state index contributed by atoms with van der Waals surface area (Å²) in [4.78, 5) is 1.80. The maximum atomic E-state index is 6.14. The van der Waals surface area contributed by atoms with Gasteiger partial charge in [-0.15, -0.1) is 0 Å².